The number of sulfonamides is 1. The van der Waals surface area contributed by atoms with E-state index in [0.29, 0.717) is 42.8 Å². The lowest BCUT2D eigenvalue weighted by Gasteiger charge is -2.23. The molecule has 0 radical (unpaired) electrons. The molecule has 0 aliphatic carbocycles. The van der Waals surface area contributed by atoms with Crippen LogP contribution in [0, 0.1) is 5.92 Å². The fourth-order valence-electron chi connectivity index (χ4n) is 4.24. The number of carbonyl (C=O) groups excluding carboxylic acids is 1. The average Bonchev–Trinajstić information content (AvgIpc) is 3.32. The summed E-state index contributed by atoms with van der Waals surface area (Å²) in [6.45, 7) is 5.81. The topological polar surface area (TPSA) is 78.8 Å². The number of fused-ring (bicyclic) bond motifs is 3. The minimum absolute atomic E-state index is 0.126. The fraction of sp³-hybridized carbons (Fsp3) is 0.524. The first-order valence-electron chi connectivity index (χ1n) is 10.3. The van der Waals surface area contributed by atoms with E-state index in [0.717, 1.165) is 6.42 Å². The number of carbonyl (C=O) groups is 1. The molecular weight excluding hydrogens is 402 g/mol. The fourth-order valence-corrected chi connectivity index (χ4v) is 5.99. The van der Waals surface area contributed by atoms with Gasteiger partial charge in [0.1, 0.15) is 11.2 Å². The highest BCUT2D eigenvalue weighted by atomic mass is 32.2. The van der Waals surface area contributed by atoms with Crippen molar-refractivity contribution >= 4 is 15.9 Å². The van der Waals surface area contributed by atoms with Gasteiger partial charge in [0.05, 0.1) is 17.9 Å². The van der Waals surface area contributed by atoms with Crippen molar-refractivity contribution < 1.29 is 13.2 Å². The van der Waals surface area contributed by atoms with Crippen LogP contribution in [0.3, 0.4) is 0 Å². The Labute approximate surface area is 178 Å². The van der Waals surface area contributed by atoms with Crippen LogP contribution in [0.25, 0.3) is 5.69 Å². The predicted octanol–water partition coefficient (Wildman–Crippen LogP) is 1.81. The number of hydrogen-bond donors (Lipinski definition) is 0. The number of amides is 1. The standard InChI is InChI=1S/C21H29N5O3S/c1-15(2)11-25-13-18-20(21(27)24-10-9-16(12-24)23(3)4)22-14-26(18)17-7-5-6-8-19(17)30(25,28)29/h5-8,14-16H,9-13H2,1-4H3/t16-/m0/s1. The molecule has 0 N–H and O–H groups in total. The van der Waals surface area contributed by atoms with Crippen molar-refractivity contribution in [2.75, 3.05) is 33.7 Å². The van der Waals surface area contributed by atoms with Crippen molar-refractivity contribution in [1.29, 1.82) is 0 Å². The lowest BCUT2D eigenvalue weighted by atomic mass is 10.2. The molecule has 2 aliphatic rings. The van der Waals surface area contributed by atoms with E-state index in [1.807, 2.05) is 32.8 Å². The Kier molecular flexibility index (Phi) is 5.46. The summed E-state index contributed by atoms with van der Waals surface area (Å²) in [7, 11) is 0.361. The van der Waals surface area contributed by atoms with Crippen LogP contribution in [0.4, 0.5) is 0 Å². The Balaban J connectivity index is 1.78. The van der Waals surface area contributed by atoms with E-state index in [1.165, 1.54) is 4.31 Å². The van der Waals surface area contributed by atoms with Crippen molar-refractivity contribution in [1.82, 2.24) is 23.7 Å². The second-order valence-electron chi connectivity index (χ2n) is 8.73. The molecule has 1 amide bonds. The first-order valence-corrected chi connectivity index (χ1v) is 11.8. The van der Waals surface area contributed by atoms with Crippen molar-refractivity contribution in [2.24, 2.45) is 5.92 Å². The number of likely N-dealkylation sites (N-methyl/N-ethyl adjacent to an activating group) is 1. The maximum absolute atomic E-state index is 13.4. The van der Waals surface area contributed by atoms with Crippen LogP contribution in [-0.4, -0.2) is 77.8 Å². The summed E-state index contributed by atoms with van der Waals surface area (Å²) in [4.78, 5) is 22.0. The normalized spacial score (nSPS) is 21.0. The van der Waals surface area contributed by atoms with Gasteiger partial charge >= 0.3 is 0 Å². The second kappa shape index (κ2) is 7.79. The number of aromatic nitrogens is 2. The molecule has 8 nitrogen and oxygen atoms in total. The molecule has 1 saturated heterocycles. The second-order valence-corrected chi connectivity index (χ2v) is 10.6. The van der Waals surface area contributed by atoms with Crippen LogP contribution in [0.5, 0.6) is 0 Å². The molecule has 0 saturated carbocycles. The van der Waals surface area contributed by atoms with E-state index in [1.54, 1.807) is 35.2 Å². The zero-order valence-electron chi connectivity index (χ0n) is 17.9. The number of imidazole rings is 1. The number of rotatable bonds is 4. The Hall–Kier alpha value is -2.23. The Morgan fingerprint density at radius 1 is 1.27 bits per heavy atom. The first kappa shape index (κ1) is 21.0. The van der Waals surface area contributed by atoms with Crippen LogP contribution in [0.2, 0.25) is 0 Å². The maximum atomic E-state index is 13.4. The molecule has 1 fully saturated rings. The average molecular weight is 432 g/mol. The number of benzene rings is 1. The summed E-state index contributed by atoms with van der Waals surface area (Å²) < 4.78 is 30.0. The Bertz CT molecular complexity index is 1060. The number of nitrogens with zero attached hydrogens (tertiary/aromatic N) is 5. The van der Waals surface area contributed by atoms with Gasteiger partial charge in [0.25, 0.3) is 5.91 Å². The summed E-state index contributed by atoms with van der Waals surface area (Å²) in [5.74, 6) is 0.0226. The molecule has 4 rings (SSSR count). The zero-order chi connectivity index (χ0) is 21.6. The largest absolute Gasteiger partial charge is 0.336 e. The van der Waals surface area contributed by atoms with Gasteiger partial charge in [-0.25, -0.2) is 13.4 Å². The molecule has 1 aromatic carbocycles. The van der Waals surface area contributed by atoms with Crippen LogP contribution in [0.1, 0.15) is 36.5 Å². The molecule has 0 spiro atoms. The molecule has 1 atom stereocenters. The molecule has 162 valence electrons. The summed E-state index contributed by atoms with van der Waals surface area (Å²) in [6.07, 6.45) is 2.50. The summed E-state index contributed by atoms with van der Waals surface area (Å²) in [5.41, 5.74) is 1.51. The third-order valence-corrected chi connectivity index (χ3v) is 7.75. The van der Waals surface area contributed by atoms with E-state index < -0.39 is 10.0 Å². The van der Waals surface area contributed by atoms with Crippen LogP contribution in [-0.2, 0) is 16.6 Å². The third-order valence-electron chi connectivity index (χ3n) is 5.89. The van der Waals surface area contributed by atoms with Crippen molar-refractivity contribution in [3.05, 3.63) is 42.0 Å². The van der Waals surface area contributed by atoms with Crippen LogP contribution < -0.4 is 0 Å². The SMILES string of the molecule is CC(C)CN1Cc2c(C(=O)N3CC[C@H](N(C)C)C3)ncn2-c2ccccc2S1(=O)=O. The molecule has 1 aromatic heterocycles. The lowest BCUT2D eigenvalue weighted by molar-refractivity contribution is 0.0776. The van der Waals surface area contributed by atoms with Gasteiger partial charge in [-0.2, -0.15) is 4.31 Å². The number of para-hydroxylation sites is 1. The van der Waals surface area contributed by atoms with E-state index in [-0.39, 0.29) is 23.3 Å². The molecule has 3 heterocycles. The van der Waals surface area contributed by atoms with E-state index in [2.05, 4.69) is 9.88 Å². The smallest absolute Gasteiger partial charge is 0.274 e. The molecule has 2 aliphatic heterocycles. The Morgan fingerprint density at radius 2 is 2.00 bits per heavy atom. The van der Waals surface area contributed by atoms with Gasteiger partial charge in [0, 0.05) is 25.7 Å². The van der Waals surface area contributed by atoms with Gasteiger partial charge in [0.15, 0.2) is 5.69 Å². The van der Waals surface area contributed by atoms with Gasteiger partial charge in [0.2, 0.25) is 10.0 Å². The van der Waals surface area contributed by atoms with E-state index in [9.17, 15) is 13.2 Å². The van der Waals surface area contributed by atoms with Gasteiger partial charge in [-0.1, -0.05) is 26.0 Å². The molecule has 0 bridgehead atoms. The maximum Gasteiger partial charge on any atom is 0.274 e. The molecular formula is C21H29N5O3S. The highest BCUT2D eigenvalue weighted by Gasteiger charge is 2.37. The molecule has 2 aromatic rings. The van der Waals surface area contributed by atoms with Crippen molar-refractivity contribution in [3.8, 4) is 5.69 Å². The summed E-state index contributed by atoms with van der Waals surface area (Å²) >= 11 is 0. The van der Waals surface area contributed by atoms with Gasteiger partial charge in [-0.05, 0) is 38.6 Å². The predicted molar refractivity (Wildman–Crippen MR) is 114 cm³/mol. The highest BCUT2D eigenvalue weighted by molar-refractivity contribution is 7.89. The minimum atomic E-state index is -3.68. The number of hydrogen-bond acceptors (Lipinski definition) is 5. The molecule has 30 heavy (non-hydrogen) atoms. The molecule has 0 unspecified atom stereocenters. The summed E-state index contributed by atoms with van der Waals surface area (Å²) in [6, 6.07) is 7.25. The summed E-state index contributed by atoms with van der Waals surface area (Å²) in [5, 5.41) is 0. The van der Waals surface area contributed by atoms with Gasteiger partial charge in [-0.15, -0.1) is 0 Å². The van der Waals surface area contributed by atoms with Gasteiger partial charge in [-0.3, -0.25) is 9.36 Å². The molecule has 9 heteroatoms. The zero-order valence-corrected chi connectivity index (χ0v) is 18.8. The first-order chi connectivity index (χ1) is 14.2. The van der Waals surface area contributed by atoms with Crippen LogP contribution in [0.15, 0.2) is 35.5 Å². The van der Waals surface area contributed by atoms with E-state index in [4.69, 9.17) is 0 Å². The van der Waals surface area contributed by atoms with Crippen LogP contribution >= 0.6 is 0 Å². The Morgan fingerprint density at radius 3 is 2.67 bits per heavy atom. The lowest BCUT2D eigenvalue weighted by Crippen LogP contribution is -2.36. The quantitative estimate of drug-likeness (QED) is 0.738. The monoisotopic (exact) mass is 431 g/mol. The highest BCUT2D eigenvalue weighted by Crippen LogP contribution is 2.32. The van der Waals surface area contributed by atoms with Crippen molar-refractivity contribution in [2.45, 2.75) is 37.8 Å². The minimum Gasteiger partial charge on any atom is -0.336 e. The third kappa shape index (κ3) is 3.55. The number of likely N-dealkylation sites (tertiary alicyclic amines) is 1. The van der Waals surface area contributed by atoms with Gasteiger partial charge < -0.3 is 9.80 Å². The van der Waals surface area contributed by atoms with Crippen molar-refractivity contribution in [3.63, 3.8) is 0 Å². The van der Waals surface area contributed by atoms with E-state index >= 15 is 0 Å².